The maximum atomic E-state index is 12.6. The third-order valence-corrected chi connectivity index (χ3v) is 6.06. The topological polar surface area (TPSA) is 51.2 Å². The number of thiazole rings is 1. The third-order valence-electron chi connectivity index (χ3n) is 4.22. The first kappa shape index (κ1) is 18.4. The van der Waals surface area contributed by atoms with Gasteiger partial charge in [-0.2, -0.15) is 0 Å². The van der Waals surface area contributed by atoms with E-state index < -0.39 is 0 Å². The molecule has 0 spiro atoms. The first-order valence-electron chi connectivity index (χ1n) is 8.74. The molecular weight excluding hydrogens is 388 g/mol. The van der Waals surface area contributed by atoms with Gasteiger partial charge in [0, 0.05) is 27.1 Å². The van der Waals surface area contributed by atoms with Crippen molar-refractivity contribution in [2.75, 3.05) is 12.4 Å². The van der Waals surface area contributed by atoms with Crippen LogP contribution < -0.4 is 10.1 Å². The number of anilines is 1. The summed E-state index contributed by atoms with van der Waals surface area (Å²) in [6.45, 7) is 0. The van der Waals surface area contributed by atoms with E-state index in [1.54, 1.807) is 18.4 Å². The van der Waals surface area contributed by atoms with Crippen molar-refractivity contribution in [2.45, 2.75) is 6.42 Å². The van der Waals surface area contributed by atoms with Crippen LogP contribution in [0.4, 0.5) is 5.69 Å². The Labute approximate surface area is 171 Å². The predicted octanol–water partition coefficient (Wildman–Crippen LogP) is 5.73. The standard InChI is InChI=1S/C22H18N2O2S2/c1-26-17-10-8-15(9-11-17)22-23-16(14-28-22)13-21(25)24-19-6-3-2-5-18(19)20-7-4-12-27-20/h2-12,14H,13H2,1H3,(H,24,25). The normalized spacial score (nSPS) is 10.6. The Morgan fingerprint density at radius 2 is 1.86 bits per heavy atom. The van der Waals surface area contributed by atoms with Gasteiger partial charge in [-0.1, -0.05) is 24.3 Å². The first-order chi connectivity index (χ1) is 13.7. The van der Waals surface area contributed by atoms with Crippen LogP contribution in [0.25, 0.3) is 21.0 Å². The smallest absolute Gasteiger partial charge is 0.230 e. The highest BCUT2D eigenvalue weighted by Gasteiger charge is 2.12. The Morgan fingerprint density at radius 3 is 2.61 bits per heavy atom. The van der Waals surface area contributed by atoms with Crippen LogP contribution in [-0.2, 0) is 11.2 Å². The second-order valence-electron chi connectivity index (χ2n) is 6.12. The van der Waals surface area contributed by atoms with Crippen molar-refractivity contribution < 1.29 is 9.53 Å². The molecule has 4 rings (SSSR count). The fourth-order valence-electron chi connectivity index (χ4n) is 2.85. The molecule has 1 amide bonds. The van der Waals surface area contributed by atoms with E-state index in [1.807, 2.05) is 65.4 Å². The highest BCUT2D eigenvalue weighted by Crippen LogP contribution is 2.31. The fourth-order valence-corrected chi connectivity index (χ4v) is 4.44. The summed E-state index contributed by atoms with van der Waals surface area (Å²) < 4.78 is 5.19. The van der Waals surface area contributed by atoms with Gasteiger partial charge in [0.2, 0.25) is 5.91 Å². The third kappa shape index (κ3) is 4.13. The molecule has 0 saturated carbocycles. The van der Waals surface area contributed by atoms with E-state index in [2.05, 4.69) is 16.4 Å². The van der Waals surface area contributed by atoms with E-state index in [0.29, 0.717) is 0 Å². The summed E-state index contributed by atoms with van der Waals surface area (Å²) in [5, 5.41) is 7.89. The van der Waals surface area contributed by atoms with Crippen molar-refractivity contribution in [3.8, 4) is 26.8 Å². The van der Waals surface area contributed by atoms with Gasteiger partial charge in [0.05, 0.1) is 19.2 Å². The van der Waals surface area contributed by atoms with Crippen LogP contribution in [0, 0.1) is 0 Å². The number of hydrogen-bond donors (Lipinski definition) is 1. The highest BCUT2D eigenvalue weighted by atomic mass is 32.1. The monoisotopic (exact) mass is 406 g/mol. The summed E-state index contributed by atoms with van der Waals surface area (Å²) >= 11 is 3.19. The summed E-state index contributed by atoms with van der Waals surface area (Å²) in [5.41, 5.74) is 3.63. The van der Waals surface area contributed by atoms with E-state index in [9.17, 15) is 4.79 Å². The van der Waals surface area contributed by atoms with Crippen molar-refractivity contribution >= 4 is 34.3 Å². The van der Waals surface area contributed by atoms with E-state index in [-0.39, 0.29) is 12.3 Å². The number of rotatable bonds is 6. The maximum Gasteiger partial charge on any atom is 0.230 e. The molecule has 1 N–H and O–H groups in total. The molecule has 2 aromatic heterocycles. The van der Waals surface area contributed by atoms with Crippen LogP contribution in [0.1, 0.15) is 5.69 Å². The van der Waals surface area contributed by atoms with Gasteiger partial charge in [-0.3, -0.25) is 4.79 Å². The molecule has 4 aromatic rings. The van der Waals surface area contributed by atoms with E-state index in [1.165, 1.54) is 11.3 Å². The molecule has 0 radical (unpaired) electrons. The number of thiophene rings is 1. The molecule has 0 unspecified atom stereocenters. The Bertz CT molecular complexity index is 1070. The van der Waals surface area contributed by atoms with Crippen LogP contribution in [0.2, 0.25) is 0 Å². The quantitative estimate of drug-likeness (QED) is 0.445. The molecule has 28 heavy (non-hydrogen) atoms. The molecule has 2 aromatic carbocycles. The van der Waals surface area contributed by atoms with Crippen LogP contribution in [0.3, 0.4) is 0 Å². The Kier molecular flexibility index (Phi) is 5.50. The number of nitrogens with zero attached hydrogens (tertiary/aromatic N) is 1. The molecule has 0 atom stereocenters. The lowest BCUT2D eigenvalue weighted by molar-refractivity contribution is -0.115. The second kappa shape index (κ2) is 8.37. The number of carbonyl (C=O) groups excluding carboxylic acids is 1. The summed E-state index contributed by atoms with van der Waals surface area (Å²) in [4.78, 5) is 18.3. The number of aromatic nitrogens is 1. The number of carbonyl (C=O) groups is 1. The number of ether oxygens (including phenoxy) is 1. The Balaban J connectivity index is 1.46. The van der Waals surface area contributed by atoms with Gasteiger partial charge in [0.15, 0.2) is 0 Å². The van der Waals surface area contributed by atoms with Crippen LogP contribution >= 0.6 is 22.7 Å². The van der Waals surface area contributed by atoms with Crippen molar-refractivity contribution in [3.63, 3.8) is 0 Å². The first-order valence-corrected chi connectivity index (χ1v) is 10.5. The number of hydrogen-bond acceptors (Lipinski definition) is 5. The minimum absolute atomic E-state index is 0.0735. The minimum Gasteiger partial charge on any atom is -0.497 e. The number of para-hydroxylation sites is 1. The van der Waals surface area contributed by atoms with Crippen molar-refractivity contribution in [1.29, 1.82) is 0 Å². The molecule has 0 bridgehead atoms. The zero-order valence-electron chi connectivity index (χ0n) is 15.2. The average Bonchev–Trinajstić information content (AvgIpc) is 3.41. The Hall–Kier alpha value is -2.96. The predicted molar refractivity (Wildman–Crippen MR) is 116 cm³/mol. The molecule has 2 heterocycles. The van der Waals surface area contributed by atoms with Crippen LogP contribution in [0.5, 0.6) is 5.75 Å². The fraction of sp³-hybridized carbons (Fsp3) is 0.0909. The van der Waals surface area contributed by atoms with Crippen molar-refractivity contribution in [2.24, 2.45) is 0 Å². The molecule has 140 valence electrons. The minimum atomic E-state index is -0.0735. The molecule has 0 aliphatic heterocycles. The van der Waals surface area contributed by atoms with Gasteiger partial charge in [-0.05, 0) is 41.8 Å². The van der Waals surface area contributed by atoms with Crippen LogP contribution in [0.15, 0.2) is 71.4 Å². The lowest BCUT2D eigenvalue weighted by Crippen LogP contribution is -2.15. The number of amides is 1. The number of methoxy groups -OCH3 is 1. The zero-order chi connectivity index (χ0) is 19.3. The lowest BCUT2D eigenvalue weighted by atomic mass is 10.1. The van der Waals surface area contributed by atoms with Gasteiger partial charge in [-0.25, -0.2) is 4.98 Å². The van der Waals surface area contributed by atoms with Gasteiger partial charge in [0.1, 0.15) is 10.8 Å². The largest absolute Gasteiger partial charge is 0.497 e. The van der Waals surface area contributed by atoms with Gasteiger partial charge in [0.25, 0.3) is 0 Å². The summed E-state index contributed by atoms with van der Waals surface area (Å²) in [6, 6.07) is 19.7. The number of nitrogens with one attached hydrogen (secondary N) is 1. The van der Waals surface area contributed by atoms with Gasteiger partial charge < -0.3 is 10.1 Å². The summed E-state index contributed by atoms with van der Waals surface area (Å²) in [6.07, 6.45) is 0.241. The molecule has 0 saturated heterocycles. The summed E-state index contributed by atoms with van der Waals surface area (Å²) in [5.74, 6) is 0.736. The second-order valence-corrected chi connectivity index (χ2v) is 7.93. The molecule has 6 heteroatoms. The van der Waals surface area contributed by atoms with Gasteiger partial charge in [-0.15, -0.1) is 22.7 Å². The van der Waals surface area contributed by atoms with E-state index in [0.717, 1.165) is 38.1 Å². The van der Waals surface area contributed by atoms with Crippen LogP contribution in [-0.4, -0.2) is 18.0 Å². The van der Waals surface area contributed by atoms with E-state index >= 15 is 0 Å². The number of benzene rings is 2. The molecule has 0 aliphatic carbocycles. The van der Waals surface area contributed by atoms with Crippen molar-refractivity contribution in [1.82, 2.24) is 4.98 Å². The lowest BCUT2D eigenvalue weighted by Gasteiger charge is -2.09. The highest BCUT2D eigenvalue weighted by molar-refractivity contribution is 7.13. The molecule has 0 aliphatic rings. The molecule has 0 fully saturated rings. The molecular formula is C22H18N2O2S2. The summed E-state index contributed by atoms with van der Waals surface area (Å²) in [7, 11) is 1.64. The van der Waals surface area contributed by atoms with Gasteiger partial charge >= 0.3 is 0 Å². The zero-order valence-corrected chi connectivity index (χ0v) is 16.8. The SMILES string of the molecule is COc1ccc(-c2nc(CC(=O)Nc3ccccc3-c3cccs3)cs2)cc1. The molecule has 4 nitrogen and oxygen atoms in total. The van der Waals surface area contributed by atoms with Crippen molar-refractivity contribution in [3.05, 3.63) is 77.1 Å². The average molecular weight is 407 g/mol. The Morgan fingerprint density at radius 1 is 1.04 bits per heavy atom. The maximum absolute atomic E-state index is 12.6. The van der Waals surface area contributed by atoms with E-state index in [4.69, 9.17) is 4.74 Å².